The standard InChI is InChI=1S/C14H22N4OS/c1-14(2,19)10-17-6-8-18(9-7-17)11-4-3-5-16-12(11)13(15)20/h3-5,19H,6-10H2,1-2H3,(H2,15,20). The number of piperazine rings is 1. The zero-order valence-electron chi connectivity index (χ0n) is 12.0. The van der Waals surface area contributed by atoms with Crippen LogP contribution in [0.15, 0.2) is 18.3 Å². The third kappa shape index (κ3) is 3.88. The van der Waals surface area contributed by atoms with Crippen LogP contribution in [0.5, 0.6) is 0 Å². The first-order valence-corrected chi connectivity index (χ1v) is 7.22. The molecule has 3 N–H and O–H groups in total. The minimum Gasteiger partial charge on any atom is -0.389 e. The van der Waals surface area contributed by atoms with Crippen molar-refractivity contribution in [2.75, 3.05) is 37.6 Å². The van der Waals surface area contributed by atoms with Gasteiger partial charge in [-0.3, -0.25) is 9.88 Å². The molecule has 1 aromatic rings. The number of thiocarbonyl (C=S) groups is 1. The summed E-state index contributed by atoms with van der Waals surface area (Å²) in [5.74, 6) is 0. The number of hydrogen-bond acceptors (Lipinski definition) is 5. The zero-order chi connectivity index (χ0) is 14.8. The molecule has 1 fully saturated rings. The van der Waals surface area contributed by atoms with Crippen molar-refractivity contribution in [1.82, 2.24) is 9.88 Å². The lowest BCUT2D eigenvalue weighted by Crippen LogP contribution is -2.50. The van der Waals surface area contributed by atoms with Gasteiger partial charge in [-0.1, -0.05) is 12.2 Å². The van der Waals surface area contributed by atoms with Gasteiger partial charge in [0.15, 0.2) is 0 Å². The largest absolute Gasteiger partial charge is 0.389 e. The van der Waals surface area contributed by atoms with Crippen molar-refractivity contribution in [3.8, 4) is 0 Å². The van der Waals surface area contributed by atoms with Gasteiger partial charge in [0.25, 0.3) is 0 Å². The van der Waals surface area contributed by atoms with Crippen LogP contribution in [0.2, 0.25) is 0 Å². The number of aliphatic hydroxyl groups is 1. The lowest BCUT2D eigenvalue weighted by atomic mass is 10.1. The van der Waals surface area contributed by atoms with Gasteiger partial charge < -0.3 is 15.7 Å². The first-order valence-electron chi connectivity index (χ1n) is 6.81. The molecule has 0 spiro atoms. The average Bonchev–Trinajstić information content (AvgIpc) is 2.38. The van der Waals surface area contributed by atoms with Crippen LogP contribution < -0.4 is 10.6 Å². The van der Waals surface area contributed by atoms with Crippen LogP contribution in [0.1, 0.15) is 19.5 Å². The maximum atomic E-state index is 9.87. The van der Waals surface area contributed by atoms with Crippen molar-refractivity contribution < 1.29 is 5.11 Å². The molecule has 0 aliphatic carbocycles. The van der Waals surface area contributed by atoms with E-state index in [1.54, 1.807) is 6.20 Å². The molecule has 1 saturated heterocycles. The quantitative estimate of drug-likeness (QED) is 0.793. The predicted molar refractivity (Wildman–Crippen MR) is 85.1 cm³/mol. The van der Waals surface area contributed by atoms with E-state index < -0.39 is 5.60 Å². The van der Waals surface area contributed by atoms with Crippen LogP contribution >= 0.6 is 12.2 Å². The van der Waals surface area contributed by atoms with E-state index in [1.165, 1.54) is 0 Å². The highest BCUT2D eigenvalue weighted by molar-refractivity contribution is 7.80. The van der Waals surface area contributed by atoms with E-state index in [0.717, 1.165) is 31.9 Å². The number of pyridine rings is 1. The molecular weight excluding hydrogens is 272 g/mol. The molecule has 1 aliphatic heterocycles. The van der Waals surface area contributed by atoms with Gasteiger partial charge in [0.2, 0.25) is 0 Å². The van der Waals surface area contributed by atoms with E-state index in [4.69, 9.17) is 18.0 Å². The van der Waals surface area contributed by atoms with Gasteiger partial charge in [-0.05, 0) is 26.0 Å². The molecule has 0 amide bonds. The number of anilines is 1. The lowest BCUT2D eigenvalue weighted by molar-refractivity contribution is 0.0345. The van der Waals surface area contributed by atoms with E-state index in [-0.39, 0.29) is 0 Å². The van der Waals surface area contributed by atoms with Crippen molar-refractivity contribution in [3.63, 3.8) is 0 Å². The first kappa shape index (κ1) is 15.2. The molecule has 0 unspecified atom stereocenters. The molecule has 0 atom stereocenters. The Balaban J connectivity index is 2.03. The van der Waals surface area contributed by atoms with Crippen LogP contribution in [0.25, 0.3) is 0 Å². The minimum absolute atomic E-state index is 0.333. The minimum atomic E-state index is -0.652. The van der Waals surface area contributed by atoms with Gasteiger partial charge in [0, 0.05) is 38.9 Å². The fourth-order valence-electron chi connectivity index (χ4n) is 2.54. The zero-order valence-corrected chi connectivity index (χ0v) is 12.9. The van der Waals surface area contributed by atoms with Gasteiger partial charge in [0.05, 0.1) is 11.3 Å². The molecule has 110 valence electrons. The fraction of sp³-hybridized carbons (Fsp3) is 0.571. The number of aromatic nitrogens is 1. The Morgan fingerprint density at radius 2 is 2.05 bits per heavy atom. The van der Waals surface area contributed by atoms with E-state index in [1.807, 2.05) is 26.0 Å². The Morgan fingerprint density at radius 1 is 1.40 bits per heavy atom. The predicted octanol–water partition coefficient (Wildman–Crippen LogP) is 0.609. The summed E-state index contributed by atoms with van der Waals surface area (Å²) in [6.07, 6.45) is 1.71. The fourth-order valence-corrected chi connectivity index (χ4v) is 2.69. The van der Waals surface area contributed by atoms with Crippen molar-refractivity contribution in [1.29, 1.82) is 0 Å². The third-order valence-corrected chi connectivity index (χ3v) is 3.54. The van der Waals surface area contributed by atoms with E-state index in [2.05, 4.69) is 14.8 Å². The van der Waals surface area contributed by atoms with Crippen molar-refractivity contribution in [3.05, 3.63) is 24.0 Å². The SMILES string of the molecule is CC(C)(O)CN1CCN(c2cccnc2C(N)=S)CC1. The molecular formula is C14H22N4OS. The normalized spacial score (nSPS) is 17.2. The molecule has 2 rings (SSSR count). The summed E-state index contributed by atoms with van der Waals surface area (Å²) in [5, 5.41) is 9.87. The van der Waals surface area contributed by atoms with E-state index >= 15 is 0 Å². The summed E-state index contributed by atoms with van der Waals surface area (Å²) in [4.78, 5) is 9.13. The summed E-state index contributed by atoms with van der Waals surface area (Å²) in [6, 6.07) is 3.91. The van der Waals surface area contributed by atoms with Gasteiger partial charge in [0.1, 0.15) is 10.7 Å². The number of hydrogen-bond donors (Lipinski definition) is 2. The molecule has 0 bridgehead atoms. The Morgan fingerprint density at radius 3 is 2.60 bits per heavy atom. The Kier molecular flexibility index (Phi) is 4.57. The summed E-state index contributed by atoms with van der Waals surface area (Å²) in [6.45, 7) is 7.97. The van der Waals surface area contributed by atoms with Gasteiger partial charge in [-0.2, -0.15) is 0 Å². The molecule has 1 aromatic heterocycles. The summed E-state index contributed by atoms with van der Waals surface area (Å²) in [5.41, 5.74) is 6.77. The second kappa shape index (κ2) is 6.03. The van der Waals surface area contributed by atoms with E-state index in [9.17, 15) is 5.11 Å². The molecule has 5 nitrogen and oxygen atoms in total. The molecule has 0 saturated carbocycles. The second-order valence-electron chi connectivity index (χ2n) is 5.81. The molecule has 0 radical (unpaired) electrons. The van der Waals surface area contributed by atoms with Crippen LogP contribution in [-0.4, -0.2) is 58.3 Å². The number of β-amino-alcohol motifs (C(OH)–C–C–N with tert-alkyl or cyclic N) is 1. The summed E-state index contributed by atoms with van der Waals surface area (Å²) >= 11 is 5.06. The Labute approximate surface area is 125 Å². The highest BCUT2D eigenvalue weighted by atomic mass is 32.1. The molecule has 0 aromatic carbocycles. The van der Waals surface area contributed by atoms with Crippen LogP contribution in [0.4, 0.5) is 5.69 Å². The van der Waals surface area contributed by atoms with E-state index in [0.29, 0.717) is 17.2 Å². The van der Waals surface area contributed by atoms with Crippen molar-refractivity contribution in [2.24, 2.45) is 5.73 Å². The van der Waals surface area contributed by atoms with Crippen LogP contribution in [0.3, 0.4) is 0 Å². The Hall–Kier alpha value is -1.24. The average molecular weight is 294 g/mol. The number of rotatable bonds is 4. The summed E-state index contributed by atoms with van der Waals surface area (Å²) < 4.78 is 0. The van der Waals surface area contributed by atoms with Gasteiger partial charge in [-0.25, -0.2) is 0 Å². The summed E-state index contributed by atoms with van der Waals surface area (Å²) in [7, 11) is 0. The van der Waals surface area contributed by atoms with Crippen LogP contribution in [0, 0.1) is 0 Å². The van der Waals surface area contributed by atoms with Crippen molar-refractivity contribution in [2.45, 2.75) is 19.4 Å². The van der Waals surface area contributed by atoms with Crippen molar-refractivity contribution >= 4 is 22.9 Å². The molecule has 6 heteroatoms. The van der Waals surface area contributed by atoms with Gasteiger partial charge >= 0.3 is 0 Å². The highest BCUT2D eigenvalue weighted by Crippen LogP contribution is 2.20. The maximum Gasteiger partial charge on any atom is 0.124 e. The van der Waals surface area contributed by atoms with Crippen LogP contribution in [-0.2, 0) is 0 Å². The molecule has 2 heterocycles. The smallest absolute Gasteiger partial charge is 0.124 e. The van der Waals surface area contributed by atoms with Gasteiger partial charge in [-0.15, -0.1) is 0 Å². The second-order valence-corrected chi connectivity index (χ2v) is 6.25. The monoisotopic (exact) mass is 294 g/mol. The molecule has 1 aliphatic rings. The maximum absolute atomic E-state index is 9.87. The Bertz CT molecular complexity index is 478. The highest BCUT2D eigenvalue weighted by Gasteiger charge is 2.24. The lowest BCUT2D eigenvalue weighted by Gasteiger charge is -2.38. The number of nitrogens with two attached hydrogens (primary N) is 1. The number of nitrogens with zero attached hydrogens (tertiary/aromatic N) is 3. The molecule has 20 heavy (non-hydrogen) atoms. The third-order valence-electron chi connectivity index (χ3n) is 3.34. The first-order chi connectivity index (χ1) is 9.37. The topological polar surface area (TPSA) is 65.6 Å².